The summed E-state index contributed by atoms with van der Waals surface area (Å²) in [7, 11) is -3.05. The van der Waals surface area contributed by atoms with Crippen LogP contribution in [0.1, 0.15) is 19.3 Å². The van der Waals surface area contributed by atoms with Crippen LogP contribution < -0.4 is 5.32 Å². The Bertz CT molecular complexity index is 380. The highest BCUT2D eigenvalue weighted by molar-refractivity contribution is 7.88. The summed E-state index contributed by atoms with van der Waals surface area (Å²) in [5.74, 6) is 0.589. The summed E-state index contributed by atoms with van der Waals surface area (Å²) in [4.78, 5) is 11.4. The first kappa shape index (κ1) is 11.9. The predicted octanol–water partition coefficient (Wildman–Crippen LogP) is -0.206. The van der Waals surface area contributed by atoms with Gasteiger partial charge in [-0.15, -0.1) is 0 Å². The second-order valence-corrected chi connectivity index (χ2v) is 6.77. The third kappa shape index (κ3) is 2.55. The zero-order valence-corrected chi connectivity index (χ0v) is 10.3. The Morgan fingerprint density at radius 2 is 2.19 bits per heavy atom. The molecule has 2 heterocycles. The lowest BCUT2D eigenvalue weighted by Gasteiger charge is -2.15. The Balaban J connectivity index is 1.87. The highest BCUT2D eigenvalue weighted by atomic mass is 32.2. The maximum absolute atomic E-state index is 11.4. The lowest BCUT2D eigenvalue weighted by atomic mass is 9.93. The Morgan fingerprint density at radius 1 is 1.44 bits per heavy atom. The van der Waals surface area contributed by atoms with Crippen LogP contribution in [0.25, 0.3) is 0 Å². The van der Waals surface area contributed by atoms with Gasteiger partial charge in [0.15, 0.2) is 0 Å². The molecule has 2 aliphatic rings. The van der Waals surface area contributed by atoms with Crippen LogP contribution in [-0.2, 0) is 14.8 Å². The quantitative estimate of drug-likeness (QED) is 0.749. The molecule has 0 bridgehead atoms. The van der Waals surface area contributed by atoms with Gasteiger partial charge < -0.3 is 5.32 Å². The van der Waals surface area contributed by atoms with Gasteiger partial charge in [-0.2, -0.15) is 0 Å². The summed E-state index contributed by atoms with van der Waals surface area (Å²) in [5, 5.41) is 2.81. The van der Waals surface area contributed by atoms with Gasteiger partial charge in [-0.25, -0.2) is 12.7 Å². The summed E-state index contributed by atoms with van der Waals surface area (Å²) < 4.78 is 24.2. The third-order valence-corrected chi connectivity index (χ3v) is 4.77. The second-order valence-electron chi connectivity index (χ2n) is 4.79. The molecule has 2 fully saturated rings. The van der Waals surface area contributed by atoms with Crippen molar-refractivity contribution in [3.63, 3.8) is 0 Å². The maximum Gasteiger partial charge on any atom is 0.223 e. The largest absolute Gasteiger partial charge is 0.356 e. The van der Waals surface area contributed by atoms with Crippen LogP contribution in [0.5, 0.6) is 0 Å². The number of nitrogens with zero attached hydrogens (tertiary/aromatic N) is 1. The minimum absolute atomic E-state index is 0.101. The fourth-order valence-electron chi connectivity index (χ4n) is 2.56. The Labute approximate surface area is 96.2 Å². The van der Waals surface area contributed by atoms with Crippen LogP contribution in [0.2, 0.25) is 0 Å². The van der Waals surface area contributed by atoms with Crippen molar-refractivity contribution < 1.29 is 13.2 Å². The molecule has 0 aliphatic carbocycles. The number of rotatable bonds is 3. The lowest BCUT2D eigenvalue weighted by Crippen LogP contribution is -2.28. The average Bonchev–Trinajstić information content (AvgIpc) is 2.76. The van der Waals surface area contributed by atoms with Crippen molar-refractivity contribution in [3.05, 3.63) is 0 Å². The SMILES string of the molecule is CS(=O)(=O)N1CCC(CC2CCNC2=O)C1. The Morgan fingerprint density at radius 3 is 2.69 bits per heavy atom. The number of hydrogen-bond donors (Lipinski definition) is 1. The normalized spacial score (nSPS) is 31.9. The van der Waals surface area contributed by atoms with Crippen molar-refractivity contribution in [2.24, 2.45) is 11.8 Å². The van der Waals surface area contributed by atoms with Gasteiger partial charge in [-0.1, -0.05) is 0 Å². The van der Waals surface area contributed by atoms with Crippen LogP contribution in [0.15, 0.2) is 0 Å². The molecule has 0 saturated carbocycles. The van der Waals surface area contributed by atoms with E-state index in [1.165, 1.54) is 10.6 Å². The maximum atomic E-state index is 11.4. The molecule has 6 heteroatoms. The highest BCUT2D eigenvalue weighted by Crippen LogP contribution is 2.27. The number of amides is 1. The Hall–Kier alpha value is -0.620. The fourth-order valence-corrected chi connectivity index (χ4v) is 3.48. The van der Waals surface area contributed by atoms with Crippen LogP contribution in [0.3, 0.4) is 0 Å². The van der Waals surface area contributed by atoms with E-state index in [4.69, 9.17) is 0 Å². The summed E-state index contributed by atoms with van der Waals surface area (Å²) in [5.41, 5.74) is 0. The van der Waals surface area contributed by atoms with E-state index in [0.29, 0.717) is 19.0 Å². The molecule has 92 valence electrons. The molecular weight excluding hydrogens is 228 g/mol. The first-order valence-corrected chi connectivity index (χ1v) is 7.54. The molecule has 2 unspecified atom stereocenters. The molecule has 2 saturated heterocycles. The number of sulfonamides is 1. The second kappa shape index (κ2) is 4.33. The highest BCUT2D eigenvalue weighted by Gasteiger charge is 2.33. The van der Waals surface area contributed by atoms with Crippen molar-refractivity contribution in [3.8, 4) is 0 Å². The lowest BCUT2D eigenvalue weighted by molar-refractivity contribution is -0.122. The van der Waals surface area contributed by atoms with E-state index < -0.39 is 10.0 Å². The average molecular weight is 246 g/mol. The molecular formula is C10H18N2O3S. The number of hydrogen-bond acceptors (Lipinski definition) is 3. The molecule has 0 aromatic carbocycles. The minimum Gasteiger partial charge on any atom is -0.356 e. The summed E-state index contributed by atoms with van der Waals surface area (Å²) >= 11 is 0. The first-order chi connectivity index (χ1) is 7.47. The molecule has 5 nitrogen and oxygen atoms in total. The van der Waals surface area contributed by atoms with Gasteiger partial charge in [0.2, 0.25) is 15.9 Å². The zero-order chi connectivity index (χ0) is 11.8. The van der Waals surface area contributed by atoms with Crippen molar-refractivity contribution in [2.45, 2.75) is 19.3 Å². The molecule has 2 aliphatic heterocycles. The van der Waals surface area contributed by atoms with E-state index >= 15 is 0 Å². The van der Waals surface area contributed by atoms with Crippen LogP contribution >= 0.6 is 0 Å². The monoisotopic (exact) mass is 246 g/mol. The number of nitrogens with one attached hydrogen (secondary N) is 1. The van der Waals surface area contributed by atoms with Crippen molar-refractivity contribution in [1.29, 1.82) is 0 Å². The third-order valence-electron chi connectivity index (χ3n) is 3.50. The minimum atomic E-state index is -3.05. The van der Waals surface area contributed by atoms with E-state index in [0.717, 1.165) is 25.8 Å². The molecule has 0 aromatic rings. The molecule has 2 rings (SSSR count). The standard InChI is InChI=1S/C10H18N2O3S/c1-16(14,15)12-5-3-8(7-12)6-9-2-4-11-10(9)13/h8-9H,2-7H2,1H3,(H,11,13). The molecule has 0 aromatic heterocycles. The van der Waals surface area contributed by atoms with E-state index in [1.54, 1.807) is 0 Å². The van der Waals surface area contributed by atoms with Gasteiger partial charge in [0.05, 0.1) is 6.26 Å². The van der Waals surface area contributed by atoms with Crippen molar-refractivity contribution >= 4 is 15.9 Å². The molecule has 16 heavy (non-hydrogen) atoms. The van der Waals surface area contributed by atoms with Gasteiger partial charge in [-0.3, -0.25) is 4.79 Å². The van der Waals surface area contributed by atoms with Crippen LogP contribution in [-0.4, -0.2) is 44.5 Å². The molecule has 1 amide bonds. The van der Waals surface area contributed by atoms with Crippen LogP contribution in [0, 0.1) is 11.8 Å². The molecule has 0 spiro atoms. The summed E-state index contributed by atoms with van der Waals surface area (Å²) in [6.45, 7) is 1.96. The van der Waals surface area contributed by atoms with Crippen molar-refractivity contribution in [1.82, 2.24) is 9.62 Å². The molecule has 2 atom stereocenters. The molecule has 1 N–H and O–H groups in total. The van der Waals surface area contributed by atoms with Gasteiger partial charge >= 0.3 is 0 Å². The van der Waals surface area contributed by atoms with E-state index in [2.05, 4.69) is 5.32 Å². The van der Waals surface area contributed by atoms with E-state index in [1.807, 2.05) is 0 Å². The van der Waals surface area contributed by atoms with E-state index in [-0.39, 0.29) is 11.8 Å². The van der Waals surface area contributed by atoms with E-state index in [9.17, 15) is 13.2 Å². The number of carbonyl (C=O) groups excluding carboxylic acids is 1. The van der Waals surface area contributed by atoms with Gasteiger partial charge in [0.25, 0.3) is 0 Å². The molecule has 0 radical (unpaired) electrons. The smallest absolute Gasteiger partial charge is 0.223 e. The first-order valence-electron chi connectivity index (χ1n) is 5.69. The van der Waals surface area contributed by atoms with Crippen LogP contribution in [0.4, 0.5) is 0 Å². The van der Waals surface area contributed by atoms with Gasteiger partial charge in [0.1, 0.15) is 0 Å². The fraction of sp³-hybridized carbons (Fsp3) is 0.900. The summed E-state index contributed by atoms with van der Waals surface area (Å²) in [6.07, 6.45) is 3.86. The Kier molecular flexibility index (Phi) is 3.21. The van der Waals surface area contributed by atoms with Gasteiger partial charge in [0, 0.05) is 25.6 Å². The predicted molar refractivity (Wildman–Crippen MR) is 60.3 cm³/mol. The number of carbonyl (C=O) groups is 1. The summed E-state index contributed by atoms with van der Waals surface area (Å²) in [6, 6.07) is 0. The van der Waals surface area contributed by atoms with Crippen molar-refractivity contribution in [2.75, 3.05) is 25.9 Å². The van der Waals surface area contributed by atoms with Gasteiger partial charge in [-0.05, 0) is 25.2 Å². The zero-order valence-electron chi connectivity index (χ0n) is 9.48. The topological polar surface area (TPSA) is 66.5 Å².